The molecule has 0 aromatic rings. The van der Waals surface area contributed by atoms with Crippen LogP contribution in [0.4, 0.5) is 0 Å². The topological polar surface area (TPSA) is 26.3 Å². The van der Waals surface area contributed by atoms with Gasteiger partial charge in [-0.25, -0.2) is 0 Å². The standard InChI is InChI=1S/C25H42O2/c1-8-25(27-22(26)24(7,13-15(2)3)23(4,5)6)14-18-12-19(25)21-17-10-9-16(11-17)20(18)21/h15-21H,8-14H2,1-7H3. The van der Waals surface area contributed by atoms with Crippen LogP contribution in [-0.4, -0.2) is 11.6 Å². The van der Waals surface area contributed by atoms with Gasteiger partial charge in [0.15, 0.2) is 0 Å². The molecular formula is C25H42O2. The molecule has 154 valence electrons. The predicted octanol–water partition coefficient (Wildman–Crippen LogP) is 6.48. The highest BCUT2D eigenvalue weighted by molar-refractivity contribution is 5.78. The summed E-state index contributed by atoms with van der Waals surface area (Å²) < 4.78 is 6.65. The Labute approximate surface area is 167 Å². The molecule has 0 heterocycles. The highest BCUT2D eigenvalue weighted by atomic mass is 16.6. The summed E-state index contributed by atoms with van der Waals surface area (Å²) in [6.07, 6.45) is 8.78. The van der Waals surface area contributed by atoms with E-state index in [0.29, 0.717) is 11.8 Å². The van der Waals surface area contributed by atoms with Gasteiger partial charge < -0.3 is 4.74 Å². The molecule has 0 aromatic carbocycles. The Morgan fingerprint density at radius 1 is 1.04 bits per heavy atom. The van der Waals surface area contributed by atoms with Gasteiger partial charge in [0.05, 0.1) is 5.41 Å². The highest BCUT2D eigenvalue weighted by Crippen LogP contribution is 2.71. The van der Waals surface area contributed by atoms with E-state index < -0.39 is 5.41 Å². The van der Waals surface area contributed by atoms with E-state index in [0.717, 1.165) is 48.9 Å². The van der Waals surface area contributed by atoms with Crippen LogP contribution in [0.15, 0.2) is 0 Å². The molecule has 2 nitrogen and oxygen atoms in total. The molecule has 0 aromatic heterocycles. The smallest absolute Gasteiger partial charge is 0.312 e. The molecule has 8 unspecified atom stereocenters. The van der Waals surface area contributed by atoms with Crippen molar-refractivity contribution in [3.63, 3.8) is 0 Å². The lowest BCUT2D eigenvalue weighted by Crippen LogP contribution is -2.52. The lowest BCUT2D eigenvalue weighted by molar-refractivity contribution is -0.191. The molecule has 0 radical (unpaired) electrons. The average molecular weight is 375 g/mol. The van der Waals surface area contributed by atoms with Gasteiger partial charge in [-0.15, -0.1) is 0 Å². The second kappa shape index (κ2) is 6.23. The maximum absolute atomic E-state index is 13.7. The molecule has 27 heavy (non-hydrogen) atoms. The van der Waals surface area contributed by atoms with E-state index in [-0.39, 0.29) is 17.0 Å². The lowest BCUT2D eigenvalue weighted by atomic mass is 9.63. The first-order valence-corrected chi connectivity index (χ1v) is 11.8. The predicted molar refractivity (Wildman–Crippen MR) is 110 cm³/mol. The Balaban J connectivity index is 1.58. The van der Waals surface area contributed by atoms with Gasteiger partial charge in [-0.3, -0.25) is 4.79 Å². The van der Waals surface area contributed by atoms with Gasteiger partial charge in [0.1, 0.15) is 5.60 Å². The number of carbonyl (C=O) groups excluding carboxylic acids is 1. The van der Waals surface area contributed by atoms with E-state index in [2.05, 4.69) is 48.5 Å². The van der Waals surface area contributed by atoms with Crippen LogP contribution in [0.3, 0.4) is 0 Å². The lowest BCUT2D eigenvalue weighted by Gasteiger charge is -2.48. The van der Waals surface area contributed by atoms with Gasteiger partial charge in [-0.2, -0.15) is 0 Å². The molecule has 8 atom stereocenters. The van der Waals surface area contributed by atoms with E-state index in [1.807, 2.05) is 0 Å². The van der Waals surface area contributed by atoms with Crippen LogP contribution < -0.4 is 0 Å². The molecular weight excluding hydrogens is 332 g/mol. The van der Waals surface area contributed by atoms with Crippen LogP contribution in [0.1, 0.15) is 93.4 Å². The molecule has 0 spiro atoms. The number of ether oxygens (including phenoxy) is 1. The van der Waals surface area contributed by atoms with Crippen LogP contribution >= 0.6 is 0 Å². The average Bonchev–Trinajstić information content (AvgIpc) is 3.31. The molecule has 4 aliphatic rings. The van der Waals surface area contributed by atoms with Crippen molar-refractivity contribution >= 4 is 5.97 Å². The van der Waals surface area contributed by atoms with Crippen molar-refractivity contribution in [1.82, 2.24) is 0 Å². The Bertz CT molecular complexity index is 602. The van der Waals surface area contributed by atoms with Crippen molar-refractivity contribution in [1.29, 1.82) is 0 Å². The molecule has 2 heteroatoms. The van der Waals surface area contributed by atoms with Gasteiger partial charge in [0, 0.05) is 5.92 Å². The van der Waals surface area contributed by atoms with Crippen molar-refractivity contribution in [3.05, 3.63) is 0 Å². The fourth-order valence-corrected chi connectivity index (χ4v) is 8.10. The van der Waals surface area contributed by atoms with Crippen molar-refractivity contribution in [2.24, 2.45) is 52.3 Å². The second-order valence-corrected chi connectivity index (χ2v) is 12.3. The van der Waals surface area contributed by atoms with E-state index >= 15 is 0 Å². The third-order valence-electron chi connectivity index (χ3n) is 9.71. The summed E-state index contributed by atoms with van der Waals surface area (Å²) in [6, 6.07) is 0. The van der Waals surface area contributed by atoms with E-state index in [4.69, 9.17) is 4.74 Å². The second-order valence-electron chi connectivity index (χ2n) is 12.3. The zero-order valence-electron chi connectivity index (χ0n) is 18.8. The van der Waals surface area contributed by atoms with Crippen LogP contribution in [-0.2, 0) is 9.53 Å². The Hall–Kier alpha value is -0.530. The SMILES string of the molecule is CCC1(OC(=O)C(C)(CC(C)C)C(C)(C)C)CC2CC1C1C3CCC(C3)C21. The van der Waals surface area contributed by atoms with E-state index in [1.54, 1.807) is 0 Å². The maximum atomic E-state index is 13.7. The van der Waals surface area contributed by atoms with Gasteiger partial charge in [0.25, 0.3) is 0 Å². The number of carbonyl (C=O) groups is 1. The Morgan fingerprint density at radius 2 is 1.67 bits per heavy atom. The summed E-state index contributed by atoms with van der Waals surface area (Å²) in [5, 5.41) is 0. The number of esters is 1. The highest BCUT2D eigenvalue weighted by Gasteiger charge is 2.68. The van der Waals surface area contributed by atoms with Crippen LogP contribution in [0, 0.1) is 52.3 Å². The monoisotopic (exact) mass is 374 g/mol. The summed E-state index contributed by atoms with van der Waals surface area (Å²) in [6.45, 7) is 15.5. The fraction of sp³-hybridized carbons (Fsp3) is 0.960. The third-order valence-corrected chi connectivity index (χ3v) is 9.71. The Morgan fingerprint density at radius 3 is 2.22 bits per heavy atom. The molecule has 4 saturated carbocycles. The maximum Gasteiger partial charge on any atom is 0.312 e. The molecule has 4 aliphatic carbocycles. The van der Waals surface area contributed by atoms with E-state index in [9.17, 15) is 4.79 Å². The minimum atomic E-state index is -0.417. The number of fused-ring (bicyclic) bond motifs is 9. The van der Waals surface area contributed by atoms with Crippen LogP contribution in [0.25, 0.3) is 0 Å². The van der Waals surface area contributed by atoms with Crippen molar-refractivity contribution in [3.8, 4) is 0 Å². The van der Waals surface area contributed by atoms with Crippen LogP contribution in [0.5, 0.6) is 0 Å². The zero-order chi connectivity index (χ0) is 19.8. The molecule has 4 rings (SSSR count). The molecule has 0 saturated heterocycles. The summed E-state index contributed by atoms with van der Waals surface area (Å²) in [5.74, 6) is 5.81. The number of rotatable bonds is 5. The number of hydrogen-bond acceptors (Lipinski definition) is 2. The van der Waals surface area contributed by atoms with E-state index in [1.165, 1.54) is 25.7 Å². The van der Waals surface area contributed by atoms with Crippen molar-refractivity contribution < 1.29 is 9.53 Å². The molecule has 0 N–H and O–H groups in total. The van der Waals surface area contributed by atoms with Crippen LogP contribution in [0.2, 0.25) is 0 Å². The summed E-state index contributed by atoms with van der Waals surface area (Å²) in [5.41, 5.74) is -0.675. The third kappa shape index (κ3) is 2.75. The molecule has 4 bridgehead atoms. The molecule has 4 fully saturated rings. The minimum absolute atomic E-state index is 0.0813. The molecule has 0 aliphatic heterocycles. The normalized spacial score (nSPS) is 44.6. The quantitative estimate of drug-likeness (QED) is 0.407. The Kier molecular flexibility index (Phi) is 4.56. The first-order valence-electron chi connectivity index (χ1n) is 11.8. The van der Waals surface area contributed by atoms with Gasteiger partial charge in [-0.05, 0) is 92.8 Å². The summed E-state index contributed by atoms with van der Waals surface area (Å²) >= 11 is 0. The largest absolute Gasteiger partial charge is 0.458 e. The first-order chi connectivity index (χ1) is 12.5. The summed E-state index contributed by atoms with van der Waals surface area (Å²) in [4.78, 5) is 13.7. The first kappa shape index (κ1) is 19.8. The van der Waals surface area contributed by atoms with Gasteiger partial charge in [0.2, 0.25) is 0 Å². The minimum Gasteiger partial charge on any atom is -0.458 e. The van der Waals surface area contributed by atoms with Crippen molar-refractivity contribution in [2.75, 3.05) is 0 Å². The summed E-state index contributed by atoms with van der Waals surface area (Å²) in [7, 11) is 0. The molecule has 0 amide bonds. The fourth-order valence-electron chi connectivity index (χ4n) is 8.10. The van der Waals surface area contributed by atoms with Gasteiger partial charge in [-0.1, -0.05) is 41.5 Å². The van der Waals surface area contributed by atoms with Crippen molar-refractivity contribution in [2.45, 2.75) is 99.0 Å². The van der Waals surface area contributed by atoms with Gasteiger partial charge >= 0.3 is 5.97 Å². The zero-order valence-corrected chi connectivity index (χ0v) is 18.8. The number of hydrogen-bond donors (Lipinski definition) is 0.